The summed E-state index contributed by atoms with van der Waals surface area (Å²) >= 11 is 0. The van der Waals surface area contributed by atoms with Gasteiger partial charge in [0.15, 0.2) is 0 Å². The Kier molecular flexibility index (Phi) is 3.53. The molecule has 1 aromatic heterocycles. The van der Waals surface area contributed by atoms with Crippen molar-refractivity contribution in [2.75, 3.05) is 6.61 Å². The Morgan fingerprint density at radius 3 is 2.95 bits per heavy atom. The van der Waals surface area contributed by atoms with Crippen LogP contribution in [0, 0.1) is 12.3 Å². The van der Waals surface area contributed by atoms with E-state index in [0.717, 1.165) is 24.8 Å². The van der Waals surface area contributed by atoms with Gasteiger partial charge in [-0.15, -0.1) is 6.42 Å². The standard InChI is InChI=1S/C16H17N3O/c1-2-11-20-16(14-7-4-3-5-8-14)10-6-9-15(16)19-13-17-12-18-19/h1,3-5,7-8,12-13,15H,6,9-11H2. The van der Waals surface area contributed by atoms with Crippen molar-refractivity contribution in [3.05, 3.63) is 48.5 Å². The van der Waals surface area contributed by atoms with Gasteiger partial charge in [0.25, 0.3) is 0 Å². The second-order valence-corrected chi connectivity index (χ2v) is 5.03. The van der Waals surface area contributed by atoms with Gasteiger partial charge in [0, 0.05) is 0 Å². The van der Waals surface area contributed by atoms with Crippen LogP contribution in [0.15, 0.2) is 43.0 Å². The van der Waals surface area contributed by atoms with Crippen molar-refractivity contribution >= 4 is 0 Å². The second kappa shape index (κ2) is 5.48. The highest BCUT2D eigenvalue weighted by molar-refractivity contribution is 5.26. The Morgan fingerprint density at radius 1 is 1.40 bits per heavy atom. The lowest BCUT2D eigenvalue weighted by atomic mass is 9.88. The van der Waals surface area contributed by atoms with Crippen molar-refractivity contribution in [3.8, 4) is 12.3 Å². The number of aromatic nitrogens is 3. The molecule has 0 saturated heterocycles. The van der Waals surface area contributed by atoms with Crippen LogP contribution in [0.1, 0.15) is 30.9 Å². The van der Waals surface area contributed by atoms with E-state index in [2.05, 4.69) is 28.1 Å². The van der Waals surface area contributed by atoms with Crippen molar-refractivity contribution in [3.63, 3.8) is 0 Å². The normalized spacial score (nSPS) is 25.4. The maximum Gasteiger partial charge on any atom is 0.137 e. The minimum atomic E-state index is -0.401. The highest BCUT2D eigenvalue weighted by Crippen LogP contribution is 2.49. The predicted octanol–water partition coefficient (Wildman–Crippen LogP) is 2.55. The first kappa shape index (κ1) is 12.9. The Bertz CT molecular complexity index is 588. The maximum absolute atomic E-state index is 6.14. The molecule has 20 heavy (non-hydrogen) atoms. The van der Waals surface area contributed by atoms with Crippen molar-refractivity contribution in [1.29, 1.82) is 0 Å². The lowest BCUT2D eigenvalue weighted by Crippen LogP contribution is -2.36. The van der Waals surface area contributed by atoms with E-state index in [-0.39, 0.29) is 6.04 Å². The molecule has 1 heterocycles. The quantitative estimate of drug-likeness (QED) is 0.799. The van der Waals surface area contributed by atoms with Crippen LogP contribution >= 0.6 is 0 Å². The zero-order valence-corrected chi connectivity index (χ0v) is 11.3. The fourth-order valence-electron chi connectivity index (χ4n) is 3.16. The zero-order valence-electron chi connectivity index (χ0n) is 11.3. The van der Waals surface area contributed by atoms with Gasteiger partial charge in [-0.3, -0.25) is 0 Å². The number of ether oxygens (including phenoxy) is 1. The number of nitrogens with zero attached hydrogens (tertiary/aromatic N) is 3. The molecule has 0 aliphatic heterocycles. The van der Waals surface area contributed by atoms with E-state index in [0.29, 0.717) is 6.61 Å². The van der Waals surface area contributed by atoms with Gasteiger partial charge in [0.2, 0.25) is 0 Å². The third kappa shape index (κ3) is 2.10. The van der Waals surface area contributed by atoms with Gasteiger partial charge < -0.3 is 4.74 Å². The van der Waals surface area contributed by atoms with Crippen LogP contribution in [0.3, 0.4) is 0 Å². The summed E-state index contributed by atoms with van der Waals surface area (Å²) in [4.78, 5) is 4.06. The van der Waals surface area contributed by atoms with Crippen molar-refractivity contribution in [2.24, 2.45) is 0 Å². The molecule has 2 atom stereocenters. The number of rotatable bonds is 4. The summed E-state index contributed by atoms with van der Waals surface area (Å²) in [5.74, 6) is 2.59. The summed E-state index contributed by atoms with van der Waals surface area (Å²) in [5.41, 5.74) is 0.759. The van der Waals surface area contributed by atoms with E-state index < -0.39 is 5.60 Å². The number of hydrogen-bond acceptors (Lipinski definition) is 3. The van der Waals surface area contributed by atoms with Crippen molar-refractivity contribution in [1.82, 2.24) is 14.8 Å². The summed E-state index contributed by atoms with van der Waals surface area (Å²) in [6.45, 7) is 0.306. The fourth-order valence-corrected chi connectivity index (χ4v) is 3.16. The molecular formula is C16H17N3O. The average molecular weight is 267 g/mol. The summed E-state index contributed by atoms with van der Waals surface area (Å²) in [6.07, 6.45) is 11.8. The molecule has 4 nitrogen and oxygen atoms in total. The van der Waals surface area contributed by atoms with Gasteiger partial charge in [-0.1, -0.05) is 36.3 Å². The molecular weight excluding hydrogens is 250 g/mol. The molecule has 0 bridgehead atoms. The van der Waals surface area contributed by atoms with E-state index in [9.17, 15) is 0 Å². The molecule has 2 aromatic rings. The molecule has 1 aromatic carbocycles. The van der Waals surface area contributed by atoms with Gasteiger partial charge in [0.1, 0.15) is 24.9 Å². The third-order valence-electron chi connectivity index (χ3n) is 4.00. The SMILES string of the molecule is C#CCOC1(c2ccccc2)CCCC1n1cncn1. The predicted molar refractivity (Wildman–Crippen MR) is 75.8 cm³/mol. The van der Waals surface area contributed by atoms with Gasteiger partial charge in [-0.05, 0) is 24.8 Å². The first-order valence-corrected chi connectivity index (χ1v) is 6.84. The minimum absolute atomic E-state index is 0.140. The topological polar surface area (TPSA) is 39.9 Å². The Labute approximate surface area is 118 Å². The molecule has 0 spiro atoms. The van der Waals surface area contributed by atoms with E-state index >= 15 is 0 Å². The molecule has 0 N–H and O–H groups in total. The molecule has 0 amide bonds. The van der Waals surface area contributed by atoms with E-state index in [1.807, 2.05) is 22.9 Å². The second-order valence-electron chi connectivity index (χ2n) is 5.03. The fraction of sp³-hybridized carbons (Fsp3) is 0.375. The van der Waals surface area contributed by atoms with Crippen LogP contribution in [-0.2, 0) is 10.3 Å². The molecule has 0 radical (unpaired) electrons. The van der Waals surface area contributed by atoms with Crippen LogP contribution in [0.2, 0.25) is 0 Å². The Hall–Kier alpha value is -2.12. The largest absolute Gasteiger partial charge is 0.355 e. The van der Waals surface area contributed by atoms with Crippen LogP contribution in [-0.4, -0.2) is 21.4 Å². The van der Waals surface area contributed by atoms with Crippen LogP contribution < -0.4 is 0 Å². The molecule has 1 saturated carbocycles. The van der Waals surface area contributed by atoms with Crippen LogP contribution in [0.4, 0.5) is 0 Å². The molecule has 4 heteroatoms. The first-order chi connectivity index (χ1) is 9.87. The lowest BCUT2D eigenvalue weighted by Gasteiger charge is -2.35. The zero-order chi connectivity index (χ0) is 13.8. The number of terminal acetylenes is 1. The highest BCUT2D eigenvalue weighted by atomic mass is 16.5. The van der Waals surface area contributed by atoms with Gasteiger partial charge in [-0.2, -0.15) is 5.10 Å². The monoisotopic (exact) mass is 267 g/mol. The highest BCUT2D eigenvalue weighted by Gasteiger charge is 2.46. The number of hydrogen-bond donors (Lipinski definition) is 0. The number of benzene rings is 1. The van der Waals surface area contributed by atoms with Gasteiger partial charge in [0.05, 0.1) is 6.04 Å². The summed E-state index contributed by atoms with van der Waals surface area (Å²) in [6, 6.07) is 10.4. The summed E-state index contributed by atoms with van der Waals surface area (Å²) < 4.78 is 8.04. The van der Waals surface area contributed by atoms with E-state index in [1.165, 1.54) is 0 Å². The Morgan fingerprint density at radius 2 is 2.25 bits per heavy atom. The first-order valence-electron chi connectivity index (χ1n) is 6.84. The minimum Gasteiger partial charge on any atom is -0.355 e. The van der Waals surface area contributed by atoms with Crippen LogP contribution in [0.25, 0.3) is 0 Å². The van der Waals surface area contributed by atoms with Crippen molar-refractivity contribution < 1.29 is 4.74 Å². The van der Waals surface area contributed by atoms with Gasteiger partial charge in [-0.25, -0.2) is 9.67 Å². The van der Waals surface area contributed by atoms with Gasteiger partial charge >= 0.3 is 0 Å². The molecule has 2 unspecified atom stereocenters. The summed E-state index contributed by atoms with van der Waals surface area (Å²) in [5, 5.41) is 4.30. The molecule has 3 rings (SSSR count). The van der Waals surface area contributed by atoms with E-state index in [4.69, 9.17) is 11.2 Å². The van der Waals surface area contributed by atoms with Crippen molar-refractivity contribution in [2.45, 2.75) is 30.9 Å². The lowest BCUT2D eigenvalue weighted by molar-refractivity contribution is -0.0615. The average Bonchev–Trinajstić information content (AvgIpc) is 3.15. The smallest absolute Gasteiger partial charge is 0.137 e. The third-order valence-corrected chi connectivity index (χ3v) is 4.00. The Balaban J connectivity index is 2.03. The molecule has 102 valence electrons. The molecule has 1 fully saturated rings. The van der Waals surface area contributed by atoms with Crippen LogP contribution in [0.5, 0.6) is 0 Å². The summed E-state index contributed by atoms with van der Waals surface area (Å²) in [7, 11) is 0. The maximum atomic E-state index is 6.14. The molecule has 1 aliphatic rings. The van der Waals surface area contributed by atoms with E-state index in [1.54, 1.807) is 12.7 Å². The molecule has 1 aliphatic carbocycles.